The molecular formula is C25H33N3O5. The van der Waals surface area contributed by atoms with Crippen molar-refractivity contribution in [3.05, 3.63) is 44.6 Å². The summed E-state index contributed by atoms with van der Waals surface area (Å²) in [6.45, 7) is 0. The molecule has 0 radical (unpaired) electrons. The highest BCUT2D eigenvalue weighted by Crippen LogP contribution is 2.33. The van der Waals surface area contributed by atoms with Crippen LogP contribution >= 0.6 is 0 Å². The van der Waals surface area contributed by atoms with E-state index in [9.17, 15) is 14.7 Å². The van der Waals surface area contributed by atoms with Crippen LogP contribution in [0.4, 0.5) is 5.69 Å². The molecule has 2 fully saturated rings. The van der Waals surface area contributed by atoms with Crippen LogP contribution in [0.2, 0.25) is 0 Å². The van der Waals surface area contributed by atoms with Gasteiger partial charge in [-0.3, -0.25) is 18.9 Å². The number of aromatic hydroxyl groups is 1. The molecule has 178 valence electrons. The molecule has 4 rings (SSSR count). The second-order valence-corrected chi connectivity index (χ2v) is 8.95. The predicted octanol–water partition coefficient (Wildman–Crippen LogP) is 4.49. The van der Waals surface area contributed by atoms with Crippen molar-refractivity contribution in [1.82, 2.24) is 9.13 Å². The molecule has 2 aliphatic rings. The molecule has 0 spiro atoms. The SMILES string of the molecule is COc1ccc(N=Cc2c(O)n(C3CCCCC3)c(=O)n(C3CCCCC3)c2=O)cc1OC. The highest BCUT2D eigenvalue weighted by atomic mass is 16.5. The molecule has 2 aliphatic carbocycles. The molecule has 0 atom stereocenters. The molecular weight excluding hydrogens is 422 g/mol. The van der Waals surface area contributed by atoms with E-state index in [1.807, 2.05) is 0 Å². The second-order valence-electron chi connectivity index (χ2n) is 8.95. The Morgan fingerprint density at radius 3 is 2.03 bits per heavy atom. The number of benzene rings is 1. The van der Waals surface area contributed by atoms with Crippen LogP contribution in [-0.4, -0.2) is 34.7 Å². The van der Waals surface area contributed by atoms with Gasteiger partial charge in [0.05, 0.1) is 19.9 Å². The van der Waals surface area contributed by atoms with Crippen molar-refractivity contribution < 1.29 is 14.6 Å². The third kappa shape index (κ3) is 4.70. The van der Waals surface area contributed by atoms with Crippen LogP contribution < -0.4 is 20.7 Å². The molecule has 8 heteroatoms. The molecule has 0 unspecified atom stereocenters. The van der Waals surface area contributed by atoms with Gasteiger partial charge in [-0.2, -0.15) is 0 Å². The molecule has 1 aromatic carbocycles. The van der Waals surface area contributed by atoms with Crippen LogP contribution in [0.1, 0.15) is 81.9 Å². The topological polar surface area (TPSA) is 95.0 Å². The molecule has 8 nitrogen and oxygen atoms in total. The third-order valence-corrected chi connectivity index (χ3v) is 6.92. The normalized spacial score (nSPS) is 18.0. The molecule has 0 saturated heterocycles. The summed E-state index contributed by atoms with van der Waals surface area (Å²) in [6.07, 6.45) is 10.9. The van der Waals surface area contributed by atoms with Crippen molar-refractivity contribution in [2.75, 3.05) is 14.2 Å². The quantitative estimate of drug-likeness (QED) is 0.648. The zero-order chi connectivity index (χ0) is 23.4. The first kappa shape index (κ1) is 23.1. The van der Waals surface area contributed by atoms with Gasteiger partial charge >= 0.3 is 5.69 Å². The lowest BCUT2D eigenvalue weighted by Crippen LogP contribution is -2.45. The van der Waals surface area contributed by atoms with Gasteiger partial charge in [0.15, 0.2) is 11.5 Å². The van der Waals surface area contributed by atoms with Gasteiger partial charge < -0.3 is 14.6 Å². The number of aliphatic imine (C=N–C) groups is 1. The van der Waals surface area contributed by atoms with Gasteiger partial charge in [-0.05, 0) is 37.8 Å². The first-order chi connectivity index (χ1) is 16.0. The average molecular weight is 456 g/mol. The lowest BCUT2D eigenvalue weighted by Gasteiger charge is -2.29. The zero-order valence-electron chi connectivity index (χ0n) is 19.5. The number of aromatic nitrogens is 2. The van der Waals surface area contributed by atoms with E-state index in [-0.39, 0.29) is 29.2 Å². The monoisotopic (exact) mass is 455 g/mol. The molecule has 1 aromatic heterocycles. The van der Waals surface area contributed by atoms with Crippen molar-refractivity contribution in [2.24, 2.45) is 4.99 Å². The molecule has 1 heterocycles. The summed E-state index contributed by atoms with van der Waals surface area (Å²) in [7, 11) is 3.10. The predicted molar refractivity (Wildman–Crippen MR) is 128 cm³/mol. The first-order valence-corrected chi connectivity index (χ1v) is 11.9. The molecule has 2 aromatic rings. The largest absolute Gasteiger partial charge is 0.494 e. The van der Waals surface area contributed by atoms with Gasteiger partial charge in [0, 0.05) is 24.4 Å². The molecule has 0 bridgehead atoms. The van der Waals surface area contributed by atoms with E-state index in [0.717, 1.165) is 64.2 Å². The number of methoxy groups -OCH3 is 2. The molecule has 1 N–H and O–H groups in total. The Hall–Kier alpha value is -3.03. The van der Waals surface area contributed by atoms with Crippen molar-refractivity contribution in [3.63, 3.8) is 0 Å². The number of hydrogen-bond acceptors (Lipinski definition) is 6. The standard InChI is InChI=1S/C25H33N3O5/c1-32-21-14-13-17(15-22(21)33-2)26-16-20-23(29)27(18-9-5-3-6-10-18)25(31)28(24(20)30)19-11-7-4-8-12-19/h13-16,18-19,29H,3-12H2,1-2H3. The number of rotatable bonds is 6. The minimum absolute atomic E-state index is 0.0560. The van der Waals surface area contributed by atoms with Crippen molar-refractivity contribution in [2.45, 2.75) is 76.3 Å². The van der Waals surface area contributed by atoms with E-state index in [2.05, 4.69) is 4.99 Å². The fourth-order valence-corrected chi connectivity index (χ4v) is 5.14. The van der Waals surface area contributed by atoms with Gasteiger partial charge in [0.25, 0.3) is 5.56 Å². The van der Waals surface area contributed by atoms with Crippen molar-refractivity contribution >= 4 is 11.9 Å². The fraction of sp³-hybridized carbons (Fsp3) is 0.560. The van der Waals surface area contributed by atoms with Crippen LogP contribution in [0.3, 0.4) is 0 Å². The van der Waals surface area contributed by atoms with E-state index in [1.165, 1.54) is 15.3 Å². The molecule has 0 amide bonds. The van der Waals surface area contributed by atoms with Crippen LogP contribution in [0.25, 0.3) is 0 Å². The zero-order valence-corrected chi connectivity index (χ0v) is 19.5. The Balaban J connectivity index is 1.82. The van der Waals surface area contributed by atoms with Gasteiger partial charge in [-0.1, -0.05) is 38.5 Å². The van der Waals surface area contributed by atoms with Crippen molar-refractivity contribution in [3.8, 4) is 17.4 Å². The number of hydrogen-bond donors (Lipinski definition) is 1. The molecule has 2 saturated carbocycles. The fourth-order valence-electron chi connectivity index (χ4n) is 5.14. The average Bonchev–Trinajstić information content (AvgIpc) is 2.85. The Bertz CT molecular complexity index is 1120. The maximum absolute atomic E-state index is 13.5. The first-order valence-electron chi connectivity index (χ1n) is 11.9. The van der Waals surface area contributed by atoms with Crippen molar-refractivity contribution in [1.29, 1.82) is 0 Å². The van der Waals surface area contributed by atoms with Crippen LogP contribution in [0, 0.1) is 0 Å². The van der Waals surface area contributed by atoms with Gasteiger partial charge in [0.1, 0.15) is 5.56 Å². The highest BCUT2D eigenvalue weighted by molar-refractivity contribution is 5.84. The Kier molecular flexibility index (Phi) is 7.20. The summed E-state index contributed by atoms with van der Waals surface area (Å²) in [4.78, 5) is 31.4. The summed E-state index contributed by atoms with van der Waals surface area (Å²) in [5.74, 6) is 0.807. The van der Waals surface area contributed by atoms with Gasteiger partial charge in [-0.15, -0.1) is 0 Å². The number of ether oxygens (including phenoxy) is 2. The van der Waals surface area contributed by atoms with E-state index in [0.29, 0.717) is 17.2 Å². The molecule has 33 heavy (non-hydrogen) atoms. The summed E-state index contributed by atoms with van der Waals surface area (Å²) < 4.78 is 13.4. The Morgan fingerprint density at radius 2 is 1.45 bits per heavy atom. The number of nitrogens with zero attached hydrogens (tertiary/aromatic N) is 3. The van der Waals surface area contributed by atoms with Crippen LogP contribution in [0.15, 0.2) is 32.8 Å². The van der Waals surface area contributed by atoms with E-state index < -0.39 is 5.56 Å². The highest BCUT2D eigenvalue weighted by Gasteiger charge is 2.28. The minimum Gasteiger partial charge on any atom is -0.494 e. The van der Waals surface area contributed by atoms with E-state index in [4.69, 9.17) is 9.47 Å². The van der Waals surface area contributed by atoms with Crippen LogP contribution in [0.5, 0.6) is 17.4 Å². The lowest BCUT2D eigenvalue weighted by molar-refractivity contribution is 0.271. The summed E-state index contributed by atoms with van der Waals surface area (Å²) in [6, 6.07) is 4.93. The Morgan fingerprint density at radius 1 is 0.879 bits per heavy atom. The summed E-state index contributed by atoms with van der Waals surface area (Å²) >= 11 is 0. The maximum atomic E-state index is 13.5. The minimum atomic E-state index is -0.472. The lowest BCUT2D eigenvalue weighted by atomic mass is 9.94. The molecule has 0 aliphatic heterocycles. The van der Waals surface area contributed by atoms with E-state index in [1.54, 1.807) is 32.4 Å². The summed E-state index contributed by atoms with van der Waals surface area (Å²) in [5.41, 5.74) is -0.258. The van der Waals surface area contributed by atoms with Crippen LogP contribution in [-0.2, 0) is 0 Å². The second kappa shape index (κ2) is 10.3. The smallest absolute Gasteiger partial charge is 0.334 e. The Labute approximate surface area is 193 Å². The van der Waals surface area contributed by atoms with E-state index >= 15 is 0 Å². The van der Waals surface area contributed by atoms with Gasteiger partial charge in [0.2, 0.25) is 5.88 Å². The third-order valence-electron chi connectivity index (χ3n) is 6.92. The van der Waals surface area contributed by atoms with Gasteiger partial charge in [-0.25, -0.2) is 4.79 Å². The maximum Gasteiger partial charge on any atom is 0.334 e. The summed E-state index contributed by atoms with van der Waals surface area (Å²) in [5, 5.41) is 11.1.